The Morgan fingerprint density at radius 1 is 1.54 bits per heavy atom. The van der Waals surface area contributed by atoms with Gasteiger partial charge in [-0.15, -0.1) is 3.89 Å². The Balaban J connectivity index is 2.71. The van der Waals surface area contributed by atoms with E-state index >= 15 is 0 Å². The standard InChI is InChI=1S/C9H7FN2S/c1-2-7-3-4-8-9(5-7)12(13-10)6-11-8/h2-6H,1H2. The average Bonchev–Trinajstić information content (AvgIpc) is 2.59. The fourth-order valence-corrected chi connectivity index (χ4v) is 1.49. The fraction of sp³-hybridized carbons (Fsp3) is 0. The molecule has 0 aliphatic carbocycles. The zero-order valence-electron chi connectivity index (χ0n) is 6.77. The van der Waals surface area contributed by atoms with Crippen LogP contribution in [0.25, 0.3) is 17.1 Å². The molecule has 0 N–H and O–H groups in total. The number of rotatable bonds is 2. The Labute approximate surface area is 79.5 Å². The summed E-state index contributed by atoms with van der Waals surface area (Å²) in [4.78, 5) is 4.03. The van der Waals surface area contributed by atoms with E-state index in [-0.39, 0.29) is 12.3 Å². The van der Waals surface area contributed by atoms with Gasteiger partial charge >= 0.3 is 0 Å². The highest BCUT2D eigenvalue weighted by Gasteiger charge is 2.02. The van der Waals surface area contributed by atoms with Gasteiger partial charge in [0.05, 0.1) is 11.0 Å². The van der Waals surface area contributed by atoms with Gasteiger partial charge in [-0.05, 0) is 17.7 Å². The van der Waals surface area contributed by atoms with Crippen molar-refractivity contribution in [3.8, 4) is 0 Å². The zero-order valence-corrected chi connectivity index (χ0v) is 7.59. The van der Waals surface area contributed by atoms with Crippen LogP contribution in [0.2, 0.25) is 0 Å². The monoisotopic (exact) mass is 194 g/mol. The summed E-state index contributed by atoms with van der Waals surface area (Å²) in [5.74, 6) is 0. The highest BCUT2D eigenvalue weighted by molar-refractivity contribution is 7.92. The van der Waals surface area contributed by atoms with Gasteiger partial charge in [0.15, 0.2) is 12.3 Å². The van der Waals surface area contributed by atoms with Crippen LogP contribution < -0.4 is 0 Å². The molecule has 1 aromatic heterocycles. The number of hydrogen-bond donors (Lipinski definition) is 0. The lowest BCUT2D eigenvalue weighted by molar-refractivity contribution is 0.919. The first kappa shape index (κ1) is 8.31. The summed E-state index contributed by atoms with van der Waals surface area (Å²) >= 11 is 0.144. The minimum atomic E-state index is 0.144. The van der Waals surface area contributed by atoms with Gasteiger partial charge in [-0.1, -0.05) is 18.7 Å². The van der Waals surface area contributed by atoms with Gasteiger partial charge in [-0.2, -0.15) is 0 Å². The van der Waals surface area contributed by atoms with Crippen molar-refractivity contribution in [1.29, 1.82) is 0 Å². The van der Waals surface area contributed by atoms with Crippen molar-refractivity contribution in [1.82, 2.24) is 8.96 Å². The topological polar surface area (TPSA) is 17.8 Å². The van der Waals surface area contributed by atoms with Gasteiger partial charge in [0.1, 0.15) is 6.33 Å². The summed E-state index contributed by atoms with van der Waals surface area (Å²) in [5, 5.41) is 0. The molecule has 13 heavy (non-hydrogen) atoms. The van der Waals surface area contributed by atoms with Crippen molar-refractivity contribution in [2.24, 2.45) is 0 Å². The average molecular weight is 194 g/mol. The third-order valence-corrected chi connectivity index (χ3v) is 2.29. The molecule has 2 aromatic rings. The summed E-state index contributed by atoms with van der Waals surface area (Å²) in [5.41, 5.74) is 2.52. The first-order valence-corrected chi connectivity index (χ1v) is 4.41. The number of hydrogen-bond acceptors (Lipinski definition) is 2. The minimum Gasteiger partial charge on any atom is -0.245 e. The molecule has 1 aromatic carbocycles. The molecular formula is C9H7FN2S. The van der Waals surface area contributed by atoms with E-state index in [2.05, 4.69) is 11.6 Å². The Morgan fingerprint density at radius 3 is 3.08 bits per heavy atom. The summed E-state index contributed by atoms with van der Waals surface area (Å²) in [7, 11) is 0. The van der Waals surface area contributed by atoms with Crippen molar-refractivity contribution in [3.63, 3.8) is 0 Å². The molecule has 0 spiro atoms. The summed E-state index contributed by atoms with van der Waals surface area (Å²) in [6, 6.07) is 5.59. The van der Waals surface area contributed by atoms with Crippen molar-refractivity contribution in [2.75, 3.05) is 0 Å². The van der Waals surface area contributed by atoms with E-state index in [1.165, 1.54) is 10.3 Å². The van der Waals surface area contributed by atoms with Gasteiger partial charge in [0.2, 0.25) is 0 Å². The molecule has 2 rings (SSSR count). The Kier molecular flexibility index (Phi) is 2.06. The maximum absolute atomic E-state index is 12.3. The maximum atomic E-state index is 12.3. The highest BCUT2D eigenvalue weighted by Crippen LogP contribution is 2.20. The minimum absolute atomic E-state index is 0.144. The molecule has 0 unspecified atom stereocenters. The quantitative estimate of drug-likeness (QED) is 0.731. The number of aromatic nitrogens is 2. The van der Waals surface area contributed by atoms with E-state index in [4.69, 9.17) is 0 Å². The van der Waals surface area contributed by atoms with Gasteiger partial charge in [0, 0.05) is 0 Å². The van der Waals surface area contributed by atoms with Crippen LogP contribution in [0.4, 0.5) is 3.89 Å². The van der Waals surface area contributed by atoms with Crippen LogP contribution in [0.15, 0.2) is 31.1 Å². The molecule has 0 saturated carbocycles. The van der Waals surface area contributed by atoms with Gasteiger partial charge < -0.3 is 0 Å². The number of imidazole rings is 1. The van der Waals surface area contributed by atoms with Crippen molar-refractivity contribution < 1.29 is 3.89 Å². The van der Waals surface area contributed by atoms with E-state index in [0.29, 0.717) is 0 Å². The smallest absolute Gasteiger partial charge is 0.171 e. The zero-order chi connectivity index (χ0) is 9.26. The molecule has 0 saturated heterocycles. The lowest BCUT2D eigenvalue weighted by Gasteiger charge is -1.95. The normalized spacial score (nSPS) is 10.5. The third kappa shape index (κ3) is 1.33. The lowest BCUT2D eigenvalue weighted by atomic mass is 10.2. The molecule has 0 fully saturated rings. The molecule has 0 bridgehead atoms. The number of fused-ring (bicyclic) bond motifs is 1. The van der Waals surface area contributed by atoms with E-state index < -0.39 is 0 Å². The van der Waals surface area contributed by atoms with Crippen LogP contribution in [0.1, 0.15) is 5.56 Å². The van der Waals surface area contributed by atoms with Crippen molar-refractivity contribution in [3.05, 3.63) is 36.7 Å². The first-order valence-electron chi connectivity index (χ1n) is 3.74. The summed E-state index contributed by atoms with van der Waals surface area (Å²) in [6.07, 6.45) is 3.18. The fourth-order valence-electron chi connectivity index (χ4n) is 1.18. The molecule has 2 nitrogen and oxygen atoms in total. The highest BCUT2D eigenvalue weighted by atomic mass is 32.2. The van der Waals surface area contributed by atoms with Crippen LogP contribution in [-0.4, -0.2) is 8.96 Å². The van der Waals surface area contributed by atoms with Crippen LogP contribution >= 0.6 is 12.3 Å². The second-order valence-corrected chi connectivity index (χ2v) is 3.12. The van der Waals surface area contributed by atoms with Crippen LogP contribution in [-0.2, 0) is 0 Å². The Bertz CT molecular complexity index is 450. The molecule has 0 aliphatic rings. The molecule has 4 heteroatoms. The molecule has 66 valence electrons. The van der Waals surface area contributed by atoms with Crippen LogP contribution in [0.5, 0.6) is 0 Å². The SMILES string of the molecule is C=Cc1ccc2ncn(SF)c2c1. The van der Waals surface area contributed by atoms with E-state index in [1.54, 1.807) is 6.08 Å². The molecule has 1 heterocycles. The second kappa shape index (κ2) is 3.22. The van der Waals surface area contributed by atoms with E-state index in [0.717, 1.165) is 16.6 Å². The Hall–Kier alpha value is -1.29. The summed E-state index contributed by atoms with van der Waals surface area (Å²) < 4.78 is 13.7. The predicted octanol–water partition coefficient (Wildman–Crippen LogP) is 3.06. The Morgan fingerprint density at radius 2 is 2.38 bits per heavy atom. The van der Waals surface area contributed by atoms with Crippen LogP contribution in [0.3, 0.4) is 0 Å². The summed E-state index contributed by atoms with van der Waals surface area (Å²) in [6.45, 7) is 3.65. The molecule has 0 radical (unpaired) electrons. The molecular weight excluding hydrogens is 187 g/mol. The number of benzene rings is 1. The van der Waals surface area contributed by atoms with Gasteiger partial charge in [-0.25, -0.2) is 8.96 Å². The number of halogens is 1. The lowest BCUT2D eigenvalue weighted by Crippen LogP contribution is -1.80. The maximum Gasteiger partial charge on any atom is 0.171 e. The third-order valence-electron chi connectivity index (χ3n) is 1.85. The van der Waals surface area contributed by atoms with Gasteiger partial charge in [0.25, 0.3) is 0 Å². The largest absolute Gasteiger partial charge is 0.245 e. The predicted molar refractivity (Wildman–Crippen MR) is 53.9 cm³/mol. The first-order chi connectivity index (χ1) is 6.35. The molecule has 0 amide bonds. The molecule has 0 aliphatic heterocycles. The van der Waals surface area contributed by atoms with E-state index in [9.17, 15) is 3.89 Å². The number of nitrogens with zero attached hydrogens (tertiary/aromatic N) is 2. The van der Waals surface area contributed by atoms with Crippen molar-refractivity contribution >= 4 is 29.4 Å². The van der Waals surface area contributed by atoms with Crippen molar-refractivity contribution in [2.45, 2.75) is 0 Å². The van der Waals surface area contributed by atoms with Crippen LogP contribution in [0, 0.1) is 0 Å². The second-order valence-electron chi connectivity index (χ2n) is 2.59. The molecule has 0 atom stereocenters. The van der Waals surface area contributed by atoms with Gasteiger partial charge in [-0.3, -0.25) is 0 Å². The van der Waals surface area contributed by atoms with E-state index in [1.807, 2.05) is 18.2 Å².